The second kappa shape index (κ2) is 7.67. The van der Waals surface area contributed by atoms with E-state index in [1.807, 2.05) is 0 Å². The van der Waals surface area contributed by atoms with Crippen LogP contribution in [-0.2, 0) is 9.53 Å². The minimum atomic E-state index is -0.464. The van der Waals surface area contributed by atoms with Crippen molar-refractivity contribution in [3.63, 3.8) is 0 Å². The third-order valence-corrected chi connectivity index (χ3v) is 3.10. The van der Waals surface area contributed by atoms with Crippen LogP contribution in [0.3, 0.4) is 0 Å². The molecule has 4 nitrogen and oxygen atoms in total. The van der Waals surface area contributed by atoms with Gasteiger partial charge in [-0.15, -0.1) is 0 Å². The van der Waals surface area contributed by atoms with Crippen molar-refractivity contribution < 1.29 is 9.53 Å². The van der Waals surface area contributed by atoms with E-state index < -0.39 is 6.04 Å². The van der Waals surface area contributed by atoms with Crippen LogP contribution in [0.1, 0.15) is 39.5 Å². The normalized spacial score (nSPS) is 17.2. The van der Waals surface area contributed by atoms with Crippen molar-refractivity contribution in [3.05, 3.63) is 0 Å². The van der Waals surface area contributed by atoms with E-state index in [-0.39, 0.29) is 5.97 Å². The third-order valence-electron chi connectivity index (χ3n) is 3.10. The molecule has 1 atom stereocenters. The Bertz CT molecular complexity index is 229. The molecule has 1 fully saturated rings. The van der Waals surface area contributed by atoms with Crippen LogP contribution in [-0.4, -0.2) is 43.2 Å². The van der Waals surface area contributed by atoms with E-state index in [1.165, 1.54) is 19.4 Å². The molecular formula is C13H26N2O2. The van der Waals surface area contributed by atoms with E-state index in [0.29, 0.717) is 13.0 Å². The van der Waals surface area contributed by atoms with Crippen LogP contribution in [0.2, 0.25) is 0 Å². The molecule has 0 aromatic rings. The number of nitrogens with two attached hydrogens (primary N) is 1. The molecule has 0 heterocycles. The lowest BCUT2D eigenvalue weighted by Gasteiger charge is -2.22. The summed E-state index contributed by atoms with van der Waals surface area (Å²) in [5.74, 6) is 0.621. The average Bonchev–Trinajstić information content (AvgIpc) is 3.10. The van der Waals surface area contributed by atoms with Gasteiger partial charge in [-0.3, -0.25) is 4.79 Å². The SMILES string of the molecule is CCCN(CCC(N)C(=O)OCC)CC1CC1. The highest BCUT2D eigenvalue weighted by molar-refractivity contribution is 5.75. The Morgan fingerprint density at radius 3 is 2.65 bits per heavy atom. The fourth-order valence-corrected chi connectivity index (χ4v) is 1.96. The number of hydrogen-bond donors (Lipinski definition) is 1. The minimum Gasteiger partial charge on any atom is -0.465 e. The molecule has 4 heteroatoms. The van der Waals surface area contributed by atoms with E-state index >= 15 is 0 Å². The van der Waals surface area contributed by atoms with Crippen LogP contribution in [0.25, 0.3) is 0 Å². The number of ether oxygens (including phenoxy) is 1. The van der Waals surface area contributed by atoms with Crippen LogP contribution in [0, 0.1) is 5.92 Å². The molecule has 17 heavy (non-hydrogen) atoms. The van der Waals surface area contributed by atoms with E-state index in [4.69, 9.17) is 10.5 Å². The van der Waals surface area contributed by atoms with Crippen LogP contribution in [0.5, 0.6) is 0 Å². The second-order valence-electron chi connectivity index (χ2n) is 4.89. The van der Waals surface area contributed by atoms with Gasteiger partial charge in [0.05, 0.1) is 6.61 Å². The van der Waals surface area contributed by atoms with Gasteiger partial charge in [-0.2, -0.15) is 0 Å². The van der Waals surface area contributed by atoms with Gasteiger partial charge in [-0.05, 0) is 45.1 Å². The molecule has 0 aromatic heterocycles. The fraction of sp³-hybridized carbons (Fsp3) is 0.923. The Balaban J connectivity index is 2.21. The van der Waals surface area contributed by atoms with Gasteiger partial charge in [-0.25, -0.2) is 0 Å². The van der Waals surface area contributed by atoms with Crippen molar-refractivity contribution in [2.75, 3.05) is 26.2 Å². The number of nitrogens with zero attached hydrogens (tertiary/aromatic N) is 1. The van der Waals surface area contributed by atoms with E-state index in [9.17, 15) is 4.79 Å². The third kappa shape index (κ3) is 6.03. The first-order chi connectivity index (χ1) is 8.17. The van der Waals surface area contributed by atoms with Crippen LogP contribution in [0.15, 0.2) is 0 Å². The van der Waals surface area contributed by atoms with Crippen molar-refractivity contribution in [2.45, 2.75) is 45.6 Å². The van der Waals surface area contributed by atoms with Gasteiger partial charge >= 0.3 is 5.97 Å². The topological polar surface area (TPSA) is 55.6 Å². The Kier molecular flexibility index (Phi) is 6.52. The number of carbonyl (C=O) groups excluding carboxylic acids is 1. The van der Waals surface area contributed by atoms with Gasteiger partial charge in [0.1, 0.15) is 6.04 Å². The zero-order chi connectivity index (χ0) is 12.7. The number of carbonyl (C=O) groups is 1. The lowest BCUT2D eigenvalue weighted by molar-refractivity contribution is -0.144. The zero-order valence-electron chi connectivity index (χ0n) is 11.2. The monoisotopic (exact) mass is 242 g/mol. The molecule has 1 rings (SSSR count). The number of hydrogen-bond acceptors (Lipinski definition) is 4. The van der Waals surface area contributed by atoms with E-state index in [0.717, 1.165) is 25.4 Å². The predicted octanol–water partition coefficient (Wildman–Crippen LogP) is 1.39. The lowest BCUT2D eigenvalue weighted by atomic mass is 10.2. The fourth-order valence-electron chi connectivity index (χ4n) is 1.96. The van der Waals surface area contributed by atoms with Crippen molar-refractivity contribution in [2.24, 2.45) is 11.7 Å². The van der Waals surface area contributed by atoms with E-state index in [2.05, 4.69) is 11.8 Å². The van der Waals surface area contributed by atoms with Gasteiger partial charge < -0.3 is 15.4 Å². The molecule has 0 bridgehead atoms. The summed E-state index contributed by atoms with van der Waals surface area (Å²) in [5, 5.41) is 0. The number of esters is 1. The molecule has 0 spiro atoms. The van der Waals surface area contributed by atoms with E-state index in [1.54, 1.807) is 6.92 Å². The summed E-state index contributed by atoms with van der Waals surface area (Å²) in [7, 11) is 0. The van der Waals surface area contributed by atoms with Crippen molar-refractivity contribution in [3.8, 4) is 0 Å². The highest BCUT2D eigenvalue weighted by atomic mass is 16.5. The maximum Gasteiger partial charge on any atom is 0.322 e. The predicted molar refractivity (Wildman–Crippen MR) is 68.7 cm³/mol. The Hall–Kier alpha value is -0.610. The standard InChI is InChI=1S/C13H26N2O2/c1-3-8-15(10-11-5-6-11)9-7-12(14)13(16)17-4-2/h11-12H,3-10,14H2,1-2H3. The molecule has 1 aliphatic carbocycles. The molecule has 0 radical (unpaired) electrons. The Morgan fingerprint density at radius 1 is 1.41 bits per heavy atom. The van der Waals surface area contributed by atoms with Gasteiger partial charge in [0, 0.05) is 13.1 Å². The lowest BCUT2D eigenvalue weighted by Crippen LogP contribution is -2.37. The molecule has 1 saturated carbocycles. The summed E-state index contributed by atoms with van der Waals surface area (Å²) in [6, 6.07) is -0.464. The van der Waals surface area contributed by atoms with Gasteiger partial charge in [0.2, 0.25) is 0 Å². The summed E-state index contributed by atoms with van der Waals surface area (Å²) in [4.78, 5) is 13.8. The van der Waals surface area contributed by atoms with Gasteiger partial charge in [-0.1, -0.05) is 6.92 Å². The zero-order valence-corrected chi connectivity index (χ0v) is 11.2. The van der Waals surface area contributed by atoms with Crippen LogP contribution < -0.4 is 5.73 Å². The smallest absolute Gasteiger partial charge is 0.322 e. The van der Waals surface area contributed by atoms with Crippen molar-refractivity contribution in [1.82, 2.24) is 4.90 Å². The molecule has 1 aliphatic rings. The first kappa shape index (κ1) is 14.5. The Morgan fingerprint density at radius 2 is 2.12 bits per heavy atom. The molecule has 2 N–H and O–H groups in total. The highest BCUT2D eigenvalue weighted by Gasteiger charge is 2.24. The quantitative estimate of drug-likeness (QED) is 0.621. The van der Waals surface area contributed by atoms with Crippen LogP contribution in [0.4, 0.5) is 0 Å². The summed E-state index contributed by atoms with van der Waals surface area (Å²) < 4.78 is 4.91. The first-order valence-corrected chi connectivity index (χ1v) is 6.81. The molecule has 0 amide bonds. The maximum atomic E-state index is 11.4. The van der Waals surface area contributed by atoms with Crippen molar-refractivity contribution >= 4 is 5.97 Å². The highest BCUT2D eigenvalue weighted by Crippen LogP contribution is 2.29. The summed E-state index contributed by atoms with van der Waals surface area (Å²) in [6.45, 7) is 7.58. The molecule has 0 saturated heterocycles. The van der Waals surface area contributed by atoms with Gasteiger partial charge in [0.15, 0.2) is 0 Å². The molecule has 100 valence electrons. The largest absolute Gasteiger partial charge is 0.465 e. The minimum absolute atomic E-state index is 0.268. The van der Waals surface area contributed by atoms with Gasteiger partial charge in [0.25, 0.3) is 0 Å². The summed E-state index contributed by atoms with van der Waals surface area (Å²) >= 11 is 0. The average molecular weight is 242 g/mol. The molecule has 0 aromatic carbocycles. The Labute approximate surface area is 104 Å². The number of rotatable bonds is 9. The van der Waals surface area contributed by atoms with Crippen LogP contribution >= 0.6 is 0 Å². The summed E-state index contributed by atoms with van der Waals surface area (Å²) in [5.41, 5.74) is 5.79. The van der Waals surface area contributed by atoms with Crippen molar-refractivity contribution in [1.29, 1.82) is 0 Å². The maximum absolute atomic E-state index is 11.4. The second-order valence-corrected chi connectivity index (χ2v) is 4.89. The molecule has 1 unspecified atom stereocenters. The summed E-state index contributed by atoms with van der Waals surface area (Å²) in [6.07, 6.45) is 4.58. The molecule has 0 aliphatic heterocycles. The first-order valence-electron chi connectivity index (χ1n) is 6.81. The molecular weight excluding hydrogens is 216 g/mol.